The van der Waals surface area contributed by atoms with Gasteiger partial charge in [0.15, 0.2) is 18.1 Å². The Hall–Kier alpha value is -3.09. The molecule has 28 heavy (non-hydrogen) atoms. The fourth-order valence-electron chi connectivity index (χ4n) is 2.23. The van der Waals surface area contributed by atoms with Crippen LogP contribution in [0.1, 0.15) is 12.5 Å². The summed E-state index contributed by atoms with van der Waals surface area (Å²) in [5, 5.41) is 11.6. The first-order valence-corrected chi connectivity index (χ1v) is 9.84. The average Bonchev–Trinajstić information content (AvgIpc) is 2.67. The van der Waals surface area contributed by atoms with Crippen LogP contribution in [-0.4, -0.2) is 45.9 Å². The fourth-order valence-corrected chi connectivity index (χ4v) is 3.13. The Morgan fingerprint density at radius 3 is 2.36 bits per heavy atom. The van der Waals surface area contributed by atoms with E-state index in [2.05, 4.69) is 5.32 Å². The van der Waals surface area contributed by atoms with Crippen LogP contribution in [0.15, 0.2) is 47.4 Å². The summed E-state index contributed by atoms with van der Waals surface area (Å²) in [5.41, 5.74) is 0.865. The number of rotatable bonds is 8. The number of benzene rings is 2. The molecule has 1 N–H and O–H groups in total. The number of nitriles is 1. The summed E-state index contributed by atoms with van der Waals surface area (Å²) in [4.78, 5) is 12.2. The maximum Gasteiger partial charge on any atom is 0.262 e. The van der Waals surface area contributed by atoms with Crippen molar-refractivity contribution in [3.8, 4) is 17.6 Å². The van der Waals surface area contributed by atoms with Crippen molar-refractivity contribution in [1.29, 1.82) is 5.26 Å². The predicted octanol–water partition coefficient (Wildman–Crippen LogP) is 2.22. The lowest BCUT2D eigenvalue weighted by atomic mass is 10.2. The van der Waals surface area contributed by atoms with E-state index in [1.165, 1.54) is 38.4 Å². The first-order chi connectivity index (χ1) is 13.3. The van der Waals surface area contributed by atoms with E-state index in [9.17, 15) is 13.2 Å². The molecule has 0 aliphatic carbocycles. The minimum absolute atomic E-state index is 0.130. The second kappa shape index (κ2) is 9.21. The summed E-state index contributed by atoms with van der Waals surface area (Å²) in [7, 11) is -0.632. The molecule has 0 saturated carbocycles. The second-order valence-corrected chi connectivity index (χ2v) is 8.01. The first kappa shape index (κ1) is 21.2. The molecule has 2 aromatic carbocycles. The van der Waals surface area contributed by atoms with Gasteiger partial charge >= 0.3 is 0 Å². The molecule has 0 unspecified atom stereocenters. The van der Waals surface area contributed by atoms with E-state index in [0.29, 0.717) is 29.4 Å². The lowest BCUT2D eigenvalue weighted by Crippen LogP contribution is -2.22. The molecule has 0 aliphatic heterocycles. The number of hydrogen-bond acceptors (Lipinski definition) is 6. The van der Waals surface area contributed by atoms with Crippen molar-refractivity contribution in [2.75, 3.05) is 32.6 Å². The molecule has 2 aromatic rings. The van der Waals surface area contributed by atoms with Gasteiger partial charge in [0.1, 0.15) is 0 Å². The molecular formula is C19H21N3O5S. The number of nitrogens with zero attached hydrogens (tertiary/aromatic N) is 2. The summed E-state index contributed by atoms with van der Waals surface area (Å²) in [5.74, 6) is 0.311. The molecule has 9 heteroatoms. The number of carbonyl (C=O) groups is 1. The minimum Gasteiger partial charge on any atom is -0.490 e. The Labute approximate surface area is 164 Å². The molecule has 0 spiro atoms. The molecule has 0 saturated heterocycles. The Bertz CT molecular complexity index is 980. The largest absolute Gasteiger partial charge is 0.490 e. The monoisotopic (exact) mass is 403 g/mol. The molecule has 148 valence electrons. The molecule has 0 aromatic heterocycles. The topological polar surface area (TPSA) is 109 Å². The van der Waals surface area contributed by atoms with Crippen molar-refractivity contribution in [3.63, 3.8) is 0 Å². The minimum atomic E-state index is -3.53. The van der Waals surface area contributed by atoms with E-state index in [1.54, 1.807) is 25.1 Å². The second-order valence-electron chi connectivity index (χ2n) is 5.85. The van der Waals surface area contributed by atoms with Gasteiger partial charge in [0.2, 0.25) is 10.0 Å². The fraction of sp³-hybridized carbons (Fsp3) is 0.263. The van der Waals surface area contributed by atoms with E-state index in [0.717, 1.165) is 4.31 Å². The first-order valence-electron chi connectivity index (χ1n) is 8.40. The quantitative estimate of drug-likeness (QED) is 0.724. The van der Waals surface area contributed by atoms with Gasteiger partial charge < -0.3 is 14.8 Å². The number of carbonyl (C=O) groups excluding carboxylic acids is 1. The van der Waals surface area contributed by atoms with E-state index >= 15 is 0 Å². The van der Waals surface area contributed by atoms with E-state index in [1.807, 2.05) is 6.07 Å². The van der Waals surface area contributed by atoms with Crippen LogP contribution in [0.3, 0.4) is 0 Å². The van der Waals surface area contributed by atoms with Gasteiger partial charge in [-0.1, -0.05) is 0 Å². The van der Waals surface area contributed by atoms with Crippen LogP contribution in [0.4, 0.5) is 5.69 Å². The van der Waals surface area contributed by atoms with Crippen molar-refractivity contribution in [2.24, 2.45) is 0 Å². The van der Waals surface area contributed by atoms with Crippen LogP contribution in [0.2, 0.25) is 0 Å². The van der Waals surface area contributed by atoms with Crippen molar-refractivity contribution in [1.82, 2.24) is 4.31 Å². The maximum absolute atomic E-state index is 12.1. The third kappa shape index (κ3) is 5.22. The highest BCUT2D eigenvalue weighted by molar-refractivity contribution is 7.89. The number of anilines is 1. The third-order valence-electron chi connectivity index (χ3n) is 3.65. The van der Waals surface area contributed by atoms with Crippen molar-refractivity contribution < 1.29 is 22.7 Å². The Morgan fingerprint density at radius 2 is 1.79 bits per heavy atom. The highest BCUT2D eigenvalue weighted by Crippen LogP contribution is 2.28. The lowest BCUT2D eigenvalue weighted by Gasteiger charge is -2.13. The molecule has 1 amide bonds. The van der Waals surface area contributed by atoms with Crippen molar-refractivity contribution >= 4 is 21.6 Å². The van der Waals surface area contributed by atoms with Gasteiger partial charge in [0, 0.05) is 25.8 Å². The number of hydrogen-bond donors (Lipinski definition) is 1. The predicted molar refractivity (Wildman–Crippen MR) is 104 cm³/mol. The zero-order valence-electron chi connectivity index (χ0n) is 15.8. The lowest BCUT2D eigenvalue weighted by molar-refractivity contribution is -0.118. The number of nitrogens with one attached hydrogen (secondary N) is 1. The van der Waals surface area contributed by atoms with E-state index in [-0.39, 0.29) is 11.5 Å². The molecule has 0 aliphatic rings. The van der Waals surface area contributed by atoms with Gasteiger partial charge in [-0.05, 0) is 43.3 Å². The number of amides is 1. The van der Waals surface area contributed by atoms with Gasteiger partial charge in [-0.3, -0.25) is 4.79 Å². The van der Waals surface area contributed by atoms with Crippen LogP contribution in [0.5, 0.6) is 11.5 Å². The zero-order valence-corrected chi connectivity index (χ0v) is 16.6. The SMILES string of the molecule is CCOc1cc(C#N)ccc1OCC(=O)Nc1ccc(S(=O)(=O)N(C)C)cc1. The highest BCUT2D eigenvalue weighted by atomic mass is 32.2. The molecule has 0 heterocycles. The van der Waals surface area contributed by atoms with E-state index < -0.39 is 15.9 Å². The van der Waals surface area contributed by atoms with Gasteiger partial charge in [-0.25, -0.2) is 12.7 Å². The Balaban J connectivity index is 2.01. The van der Waals surface area contributed by atoms with Gasteiger partial charge in [-0.2, -0.15) is 5.26 Å². The number of ether oxygens (including phenoxy) is 2. The standard InChI is InChI=1S/C19H21N3O5S/c1-4-26-18-11-14(12-20)5-10-17(18)27-13-19(23)21-15-6-8-16(9-7-15)28(24,25)22(2)3/h5-11H,4,13H2,1-3H3,(H,21,23). The summed E-state index contributed by atoms with van der Waals surface area (Å²) in [6, 6.07) is 12.5. The summed E-state index contributed by atoms with van der Waals surface area (Å²) >= 11 is 0. The van der Waals surface area contributed by atoms with Crippen LogP contribution >= 0.6 is 0 Å². The average molecular weight is 403 g/mol. The normalized spacial score (nSPS) is 11.0. The molecule has 8 nitrogen and oxygen atoms in total. The van der Waals surface area contributed by atoms with Gasteiger partial charge in [-0.15, -0.1) is 0 Å². The summed E-state index contributed by atoms with van der Waals surface area (Å²) in [6.07, 6.45) is 0. The van der Waals surface area contributed by atoms with Gasteiger partial charge in [0.25, 0.3) is 5.91 Å². The molecule has 0 atom stereocenters. The van der Waals surface area contributed by atoms with Crippen molar-refractivity contribution in [2.45, 2.75) is 11.8 Å². The van der Waals surface area contributed by atoms with Crippen LogP contribution < -0.4 is 14.8 Å². The van der Waals surface area contributed by atoms with Crippen LogP contribution in [0, 0.1) is 11.3 Å². The Kier molecular flexibility index (Phi) is 6.98. The van der Waals surface area contributed by atoms with Gasteiger partial charge in [0.05, 0.1) is 23.1 Å². The molecule has 0 bridgehead atoms. The molecular weight excluding hydrogens is 382 g/mol. The Morgan fingerprint density at radius 1 is 1.11 bits per heavy atom. The van der Waals surface area contributed by atoms with Crippen LogP contribution in [-0.2, 0) is 14.8 Å². The molecule has 2 rings (SSSR count). The van der Waals surface area contributed by atoms with Crippen LogP contribution in [0.25, 0.3) is 0 Å². The third-order valence-corrected chi connectivity index (χ3v) is 5.48. The van der Waals surface area contributed by atoms with Crippen molar-refractivity contribution in [3.05, 3.63) is 48.0 Å². The molecule has 0 radical (unpaired) electrons. The van der Waals surface area contributed by atoms with E-state index in [4.69, 9.17) is 14.7 Å². The number of sulfonamides is 1. The molecule has 0 fully saturated rings. The highest BCUT2D eigenvalue weighted by Gasteiger charge is 2.17. The maximum atomic E-state index is 12.1. The summed E-state index contributed by atoms with van der Waals surface area (Å²) < 4.78 is 36.1. The smallest absolute Gasteiger partial charge is 0.262 e. The zero-order chi connectivity index (χ0) is 20.7. The summed E-state index contributed by atoms with van der Waals surface area (Å²) in [6.45, 7) is 1.92.